The Hall–Kier alpha value is -1.37. The third-order valence-electron chi connectivity index (χ3n) is 3.23. The maximum absolute atomic E-state index is 13.3. The molecule has 2 aromatic carbocycles. The van der Waals surface area contributed by atoms with Crippen LogP contribution in [0.2, 0.25) is 0 Å². The number of aliphatic hydroxyl groups excluding tert-OH is 1. The van der Waals surface area contributed by atoms with Gasteiger partial charge in [-0.25, -0.2) is 13.2 Å². The molecule has 2 rings (SSSR count). The maximum Gasteiger partial charge on any atom is 0.126 e. The zero-order chi connectivity index (χ0) is 15.6. The molecule has 0 aromatic heterocycles. The molecule has 2 nitrogen and oxygen atoms in total. The number of nitrogens with two attached hydrogens (primary N) is 1. The lowest BCUT2D eigenvalue weighted by Gasteiger charge is -2.23. The minimum atomic E-state index is -1.12. The number of rotatable bonds is 4. The van der Waals surface area contributed by atoms with Crippen molar-refractivity contribution in [2.45, 2.75) is 12.0 Å². The Morgan fingerprint density at radius 1 is 1.00 bits per heavy atom. The quantitative estimate of drug-likeness (QED) is 0.875. The average Bonchev–Trinajstić information content (AvgIpc) is 2.38. The van der Waals surface area contributed by atoms with Crippen LogP contribution in [0.1, 0.15) is 23.1 Å². The summed E-state index contributed by atoms with van der Waals surface area (Å²) in [5, 5.41) is 10.4. The molecule has 0 bridgehead atoms. The van der Waals surface area contributed by atoms with Gasteiger partial charge < -0.3 is 10.8 Å². The predicted octanol–water partition coefficient (Wildman–Crippen LogP) is 3.64. The molecule has 2 aromatic rings. The van der Waals surface area contributed by atoms with Gasteiger partial charge in [0.25, 0.3) is 0 Å². The van der Waals surface area contributed by atoms with Gasteiger partial charge in [0.15, 0.2) is 0 Å². The van der Waals surface area contributed by atoms with Gasteiger partial charge in [0.2, 0.25) is 0 Å². The molecule has 3 N–H and O–H groups in total. The lowest BCUT2D eigenvalue weighted by Crippen LogP contribution is -2.21. The SMILES string of the molecule is NCC(c1cc(F)cc(F)c1)C(O)c1ccc(F)cc1Br. The lowest BCUT2D eigenvalue weighted by atomic mass is 9.89. The van der Waals surface area contributed by atoms with E-state index in [9.17, 15) is 18.3 Å². The first kappa shape index (κ1) is 16.0. The molecule has 0 aliphatic carbocycles. The Labute approximate surface area is 128 Å². The van der Waals surface area contributed by atoms with E-state index in [0.717, 1.165) is 18.2 Å². The lowest BCUT2D eigenvalue weighted by molar-refractivity contribution is 0.146. The van der Waals surface area contributed by atoms with Crippen molar-refractivity contribution in [3.8, 4) is 0 Å². The maximum atomic E-state index is 13.3. The molecule has 0 saturated carbocycles. The molecule has 21 heavy (non-hydrogen) atoms. The van der Waals surface area contributed by atoms with Crippen molar-refractivity contribution in [1.82, 2.24) is 0 Å². The monoisotopic (exact) mass is 359 g/mol. The van der Waals surface area contributed by atoms with E-state index in [2.05, 4.69) is 15.9 Å². The van der Waals surface area contributed by atoms with E-state index in [-0.39, 0.29) is 12.1 Å². The Morgan fingerprint density at radius 2 is 1.62 bits per heavy atom. The summed E-state index contributed by atoms with van der Waals surface area (Å²) in [5.74, 6) is -2.65. The summed E-state index contributed by atoms with van der Waals surface area (Å²) in [6.07, 6.45) is -1.12. The van der Waals surface area contributed by atoms with Gasteiger partial charge >= 0.3 is 0 Å². The topological polar surface area (TPSA) is 46.2 Å². The first-order valence-corrected chi connectivity index (χ1v) is 7.00. The fourth-order valence-corrected chi connectivity index (χ4v) is 2.78. The summed E-state index contributed by atoms with van der Waals surface area (Å²) in [4.78, 5) is 0. The summed E-state index contributed by atoms with van der Waals surface area (Å²) < 4.78 is 40.1. The van der Waals surface area contributed by atoms with Crippen molar-refractivity contribution in [2.75, 3.05) is 6.54 Å². The molecule has 2 unspecified atom stereocenters. The molecular formula is C15H13BrF3NO. The van der Waals surface area contributed by atoms with Crippen molar-refractivity contribution < 1.29 is 18.3 Å². The van der Waals surface area contributed by atoms with Crippen molar-refractivity contribution in [3.63, 3.8) is 0 Å². The highest BCUT2D eigenvalue weighted by molar-refractivity contribution is 9.10. The van der Waals surface area contributed by atoms with Crippen LogP contribution in [0.5, 0.6) is 0 Å². The Morgan fingerprint density at radius 3 is 2.14 bits per heavy atom. The zero-order valence-electron chi connectivity index (χ0n) is 10.9. The third-order valence-corrected chi connectivity index (χ3v) is 3.92. The van der Waals surface area contributed by atoms with Gasteiger partial charge in [0, 0.05) is 23.0 Å². The largest absolute Gasteiger partial charge is 0.388 e. The number of halogens is 4. The van der Waals surface area contributed by atoms with E-state index in [4.69, 9.17) is 5.73 Å². The minimum Gasteiger partial charge on any atom is -0.388 e. The summed E-state index contributed by atoms with van der Waals surface area (Å²) in [7, 11) is 0. The van der Waals surface area contributed by atoms with Gasteiger partial charge in [-0.2, -0.15) is 0 Å². The first-order chi connectivity index (χ1) is 9.92. The van der Waals surface area contributed by atoms with Gasteiger partial charge in [0.05, 0.1) is 6.10 Å². The van der Waals surface area contributed by atoms with Crippen LogP contribution in [0.15, 0.2) is 40.9 Å². The van der Waals surface area contributed by atoms with Crippen LogP contribution in [0.3, 0.4) is 0 Å². The number of aliphatic hydroxyl groups is 1. The molecule has 0 heterocycles. The van der Waals surface area contributed by atoms with Crippen LogP contribution in [-0.2, 0) is 0 Å². The van der Waals surface area contributed by atoms with Crippen LogP contribution in [-0.4, -0.2) is 11.7 Å². The average molecular weight is 360 g/mol. The molecule has 0 spiro atoms. The standard InChI is InChI=1S/C15H13BrF3NO/c16-14-6-9(17)1-2-12(14)15(21)13(7-20)8-3-10(18)5-11(19)4-8/h1-6,13,15,21H,7,20H2. The van der Waals surface area contributed by atoms with Crippen LogP contribution in [0.25, 0.3) is 0 Å². The summed E-state index contributed by atoms with van der Waals surface area (Å²) in [6, 6.07) is 6.81. The molecule has 112 valence electrons. The molecule has 6 heteroatoms. The fourth-order valence-electron chi connectivity index (χ4n) is 2.19. The highest BCUT2D eigenvalue weighted by atomic mass is 79.9. The highest BCUT2D eigenvalue weighted by Crippen LogP contribution is 2.34. The molecule has 2 atom stereocenters. The summed E-state index contributed by atoms with van der Waals surface area (Å²) in [5.41, 5.74) is 6.28. The van der Waals surface area contributed by atoms with E-state index in [1.165, 1.54) is 18.2 Å². The number of hydrogen-bond donors (Lipinski definition) is 2. The molecule has 0 radical (unpaired) electrons. The minimum absolute atomic E-state index is 0.0200. The summed E-state index contributed by atoms with van der Waals surface area (Å²) in [6.45, 7) is -0.0200. The Bertz CT molecular complexity index is 631. The number of hydrogen-bond acceptors (Lipinski definition) is 2. The van der Waals surface area contributed by atoms with Crippen LogP contribution in [0.4, 0.5) is 13.2 Å². The molecular weight excluding hydrogens is 347 g/mol. The van der Waals surface area contributed by atoms with Crippen LogP contribution in [0, 0.1) is 17.5 Å². The van der Waals surface area contributed by atoms with Gasteiger partial charge in [0.1, 0.15) is 17.5 Å². The van der Waals surface area contributed by atoms with E-state index < -0.39 is 29.5 Å². The number of benzene rings is 2. The Balaban J connectivity index is 2.40. The van der Waals surface area contributed by atoms with E-state index in [0.29, 0.717) is 10.0 Å². The van der Waals surface area contributed by atoms with E-state index in [1.54, 1.807) is 0 Å². The Kier molecular flexibility index (Phi) is 5.03. The molecule has 0 aliphatic heterocycles. The van der Waals surface area contributed by atoms with Gasteiger partial charge in [-0.15, -0.1) is 0 Å². The second kappa shape index (κ2) is 6.60. The van der Waals surface area contributed by atoms with Crippen molar-refractivity contribution in [2.24, 2.45) is 5.73 Å². The smallest absolute Gasteiger partial charge is 0.126 e. The van der Waals surface area contributed by atoms with Crippen LogP contribution >= 0.6 is 15.9 Å². The first-order valence-electron chi connectivity index (χ1n) is 6.21. The molecule has 0 aliphatic rings. The predicted molar refractivity (Wildman–Crippen MR) is 77.2 cm³/mol. The third kappa shape index (κ3) is 3.64. The highest BCUT2D eigenvalue weighted by Gasteiger charge is 2.24. The zero-order valence-corrected chi connectivity index (χ0v) is 12.4. The molecule has 0 amide bonds. The fraction of sp³-hybridized carbons (Fsp3) is 0.200. The van der Waals surface area contributed by atoms with Gasteiger partial charge in [-0.05, 0) is 35.4 Å². The van der Waals surface area contributed by atoms with Crippen LogP contribution < -0.4 is 5.73 Å². The van der Waals surface area contributed by atoms with Crippen molar-refractivity contribution in [3.05, 3.63) is 69.4 Å². The second-order valence-corrected chi connectivity index (χ2v) is 5.51. The van der Waals surface area contributed by atoms with Gasteiger partial charge in [-0.1, -0.05) is 22.0 Å². The normalized spacial score (nSPS) is 14.0. The molecule has 0 saturated heterocycles. The second-order valence-electron chi connectivity index (χ2n) is 4.66. The van der Waals surface area contributed by atoms with E-state index in [1.807, 2.05) is 0 Å². The van der Waals surface area contributed by atoms with Gasteiger partial charge in [-0.3, -0.25) is 0 Å². The van der Waals surface area contributed by atoms with Crippen molar-refractivity contribution >= 4 is 15.9 Å². The van der Waals surface area contributed by atoms with Crippen molar-refractivity contribution in [1.29, 1.82) is 0 Å². The molecule has 0 fully saturated rings. The summed E-state index contributed by atoms with van der Waals surface area (Å²) >= 11 is 3.16. The van der Waals surface area contributed by atoms with E-state index >= 15 is 0 Å².